The van der Waals surface area contributed by atoms with Crippen LogP contribution in [0.3, 0.4) is 0 Å². The molecule has 0 N–H and O–H groups in total. The Morgan fingerprint density at radius 2 is 1.75 bits per heavy atom. The Labute approximate surface area is 119 Å². The summed E-state index contributed by atoms with van der Waals surface area (Å²) in [6, 6.07) is 6.26. The van der Waals surface area contributed by atoms with E-state index in [1.807, 2.05) is 0 Å². The maximum absolute atomic E-state index is 12.5. The summed E-state index contributed by atoms with van der Waals surface area (Å²) >= 11 is 0. The number of methoxy groups -OCH3 is 1. The number of ether oxygens (including phenoxy) is 1. The molecule has 6 nitrogen and oxygen atoms in total. The van der Waals surface area contributed by atoms with Gasteiger partial charge in [-0.25, -0.2) is 8.42 Å². The van der Waals surface area contributed by atoms with Crippen molar-refractivity contribution in [3.63, 3.8) is 0 Å². The second kappa shape index (κ2) is 5.80. The molecule has 2 rings (SSSR count). The molecule has 1 aliphatic rings. The first-order valence-electron chi connectivity index (χ1n) is 6.33. The van der Waals surface area contributed by atoms with Crippen molar-refractivity contribution < 1.29 is 17.9 Å². The van der Waals surface area contributed by atoms with E-state index in [9.17, 15) is 13.2 Å². The van der Waals surface area contributed by atoms with Gasteiger partial charge in [-0.2, -0.15) is 4.31 Å². The smallest absolute Gasteiger partial charge is 0.243 e. The Bertz CT molecular complexity index is 583. The molecule has 0 spiro atoms. The topological polar surface area (TPSA) is 66.9 Å². The predicted octanol–water partition coefficient (Wildman–Crippen LogP) is 0.548. The van der Waals surface area contributed by atoms with Crippen LogP contribution in [-0.4, -0.2) is 57.3 Å². The molecule has 1 heterocycles. The summed E-state index contributed by atoms with van der Waals surface area (Å²) in [5.41, 5.74) is 0. The molecule has 0 saturated carbocycles. The number of sulfonamides is 1. The zero-order chi connectivity index (χ0) is 14.8. The van der Waals surface area contributed by atoms with Crippen LogP contribution in [0.1, 0.15) is 6.42 Å². The van der Waals surface area contributed by atoms with Gasteiger partial charge in [0, 0.05) is 33.1 Å². The third-order valence-corrected chi connectivity index (χ3v) is 5.30. The van der Waals surface area contributed by atoms with E-state index < -0.39 is 10.0 Å². The van der Waals surface area contributed by atoms with Gasteiger partial charge in [-0.1, -0.05) is 0 Å². The van der Waals surface area contributed by atoms with Crippen LogP contribution in [0.25, 0.3) is 0 Å². The van der Waals surface area contributed by atoms with E-state index in [1.165, 1.54) is 23.5 Å². The maximum Gasteiger partial charge on any atom is 0.243 e. The number of nitrogens with zero attached hydrogens (tertiary/aromatic N) is 2. The monoisotopic (exact) mass is 298 g/mol. The van der Waals surface area contributed by atoms with E-state index in [2.05, 4.69) is 0 Å². The van der Waals surface area contributed by atoms with Crippen molar-refractivity contribution >= 4 is 15.9 Å². The standard InChI is InChI=1S/C13H18N2O4S/c1-14-9-10-15(8-7-13(14)16)20(17,18)12-5-3-11(19-2)4-6-12/h3-6H,7-10H2,1-2H3. The zero-order valence-electron chi connectivity index (χ0n) is 11.6. The Balaban J connectivity index is 2.22. The highest BCUT2D eigenvalue weighted by Gasteiger charge is 2.28. The number of rotatable bonds is 3. The SMILES string of the molecule is COc1ccc(S(=O)(=O)N2CCC(=O)N(C)CC2)cc1. The molecule has 1 fully saturated rings. The highest BCUT2D eigenvalue weighted by atomic mass is 32.2. The summed E-state index contributed by atoms with van der Waals surface area (Å²) in [5, 5.41) is 0. The van der Waals surface area contributed by atoms with Crippen LogP contribution in [0.2, 0.25) is 0 Å². The summed E-state index contributed by atoms with van der Waals surface area (Å²) in [4.78, 5) is 13.4. The molecule has 1 amide bonds. The summed E-state index contributed by atoms with van der Waals surface area (Å²) in [5.74, 6) is 0.576. The van der Waals surface area contributed by atoms with Crippen LogP contribution in [0.5, 0.6) is 5.75 Å². The first kappa shape index (κ1) is 14.8. The minimum atomic E-state index is -3.56. The first-order chi connectivity index (χ1) is 9.45. The number of benzene rings is 1. The van der Waals surface area contributed by atoms with Gasteiger partial charge in [0.15, 0.2) is 0 Å². The Morgan fingerprint density at radius 3 is 2.35 bits per heavy atom. The van der Waals surface area contributed by atoms with Crippen LogP contribution in [0.4, 0.5) is 0 Å². The van der Waals surface area contributed by atoms with Gasteiger partial charge in [0.25, 0.3) is 0 Å². The maximum atomic E-state index is 12.5. The highest BCUT2D eigenvalue weighted by molar-refractivity contribution is 7.89. The fourth-order valence-corrected chi connectivity index (χ4v) is 3.48. The minimum Gasteiger partial charge on any atom is -0.497 e. The number of amides is 1. The third-order valence-electron chi connectivity index (χ3n) is 3.38. The Morgan fingerprint density at radius 1 is 1.10 bits per heavy atom. The number of likely N-dealkylation sites (N-methyl/N-ethyl adjacent to an activating group) is 1. The number of carbonyl (C=O) groups excluding carboxylic acids is 1. The average Bonchev–Trinajstić information content (AvgIpc) is 2.62. The lowest BCUT2D eigenvalue weighted by Crippen LogP contribution is -2.34. The van der Waals surface area contributed by atoms with Crippen molar-refractivity contribution in [3.05, 3.63) is 24.3 Å². The summed E-state index contributed by atoms with van der Waals surface area (Å²) in [6.07, 6.45) is 0.214. The predicted molar refractivity (Wildman–Crippen MR) is 74.0 cm³/mol. The molecule has 0 unspecified atom stereocenters. The van der Waals surface area contributed by atoms with Crippen LogP contribution in [0.15, 0.2) is 29.2 Å². The van der Waals surface area contributed by atoms with Gasteiger partial charge in [-0.05, 0) is 24.3 Å². The van der Waals surface area contributed by atoms with Gasteiger partial charge in [0.05, 0.1) is 12.0 Å². The van der Waals surface area contributed by atoms with Gasteiger partial charge in [-0.3, -0.25) is 4.79 Å². The lowest BCUT2D eigenvalue weighted by atomic mass is 10.3. The van der Waals surface area contributed by atoms with Crippen molar-refractivity contribution in [2.24, 2.45) is 0 Å². The largest absolute Gasteiger partial charge is 0.497 e. The lowest BCUT2D eigenvalue weighted by Gasteiger charge is -2.20. The number of carbonyl (C=O) groups is 1. The Hall–Kier alpha value is -1.60. The summed E-state index contributed by atoms with van der Waals surface area (Å²) in [7, 11) is -0.344. The van der Waals surface area contributed by atoms with Crippen molar-refractivity contribution in [1.29, 1.82) is 0 Å². The molecule has 0 aliphatic carbocycles. The van der Waals surface area contributed by atoms with Gasteiger partial charge < -0.3 is 9.64 Å². The molecule has 1 aromatic rings. The lowest BCUT2D eigenvalue weighted by molar-refractivity contribution is -0.129. The van der Waals surface area contributed by atoms with E-state index in [4.69, 9.17) is 4.74 Å². The molecule has 0 radical (unpaired) electrons. The van der Waals surface area contributed by atoms with Gasteiger partial charge >= 0.3 is 0 Å². The van der Waals surface area contributed by atoms with E-state index >= 15 is 0 Å². The summed E-state index contributed by atoms with van der Waals surface area (Å²) < 4.78 is 31.4. The molecule has 0 aromatic heterocycles. The quantitative estimate of drug-likeness (QED) is 0.817. The third kappa shape index (κ3) is 2.94. The molecule has 1 saturated heterocycles. The zero-order valence-corrected chi connectivity index (χ0v) is 12.4. The normalized spacial score (nSPS) is 17.9. The highest BCUT2D eigenvalue weighted by Crippen LogP contribution is 2.20. The van der Waals surface area contributed by atoms with Gasteiger partial charge in [0.2, 0.25) is 15.9 Å². The van der Waals surface area contributed by atoms with E-state index in [0.29, 0.717) is 18.8 Å². The fourth-order valence-electron chi connectivity index (χ4n) is 2.05. The van der Waals surface area contributed by atoms with Crippen LogP contribution >= 0.6 is 0 Å². The second-order valence-corrected chi connectivity index (χ2v) is 6.58. The molecule has 110 valence electrons. The van der Waals surface area contributed by atoms with Crippen LogP contribution < -0.4 is 4.74 Å². The molecule has 20 heavy (non-hydrogen) atoms. The molecular formula is C13H18N2O4S. The summed E-state index contributed by atoms with van der Waals surface area (Å²) in [6.45, 7) is 0.947. The van der Waals surface area contributed by atoms with E-state index in [-0.39, 0.29) is 23.8 Å². The first-order valence-corrected chi connectivity index (χ1v) is 7.77. The second-order valence-electron chi connectivity index (χ2n) is 4.64. The Kier molecular flexibility index (Phi) is 4.29. The minimum absolute atomic E-state index is 0.0302. The number of hydrogen-bond donors (Lipinski definition) is 0. The van der Waals surface area contributed by atoms with Crippen LogP contribution in [-0.2, 0) is 14.8 Å². The average molecular weight is 298 g/mol. The van der Waals surface area contributed by atoms with Crippen molar-refractivity contribution in [3.8, 4) is 5.75 Å². The van der Waals surface area contributed by atoms with Crippen LogP contribution in [0, 0.1) is 0 Å². The molecule has 0 atom stereocenters. The van der Waals surface area contributed by atoms with Crippen molar-refractivity contribution in [1.82, 2.24) is 9.21 Å². The number of hydrogen-bond acceptors (Lipinski definition) is 4. The van der Waals surface area contributed by atoms with Gasteiger partial charge in [-0.15, -0.1) is 0 Å². The van der Waals surface area contributed by atoms with Crippen molar-refractivity contribution in [2.45, 2.75) is 11.3 Å². The van der Waals surface area contributed by atoms with E-state index in [1.54, 1.807) is 24.1 Å². The molecule has 1 aliphatic heterocycles. The van der Waals surface area contributed by atoms with Crippen molar-refractivity contribution in [2.75, 3.05) is 33.8 Å². The fraction of sp³-hybridized carbons (Fsp3) is 0.462. The molecule has 7 heteroatoms. The molecular weight excluding hydrogens is 280 g/mol. The molecule has 0 bridgehead atoms. The van der Waals surface area contributed by atoms with Gasteiger partial charge in [0.1, 0.15) is 5.75 Å². The molecule has 1 aromatic carbocycles. The van der Waals surface area contributed by atoms with E-state index in [0.717, 1.165) is 0 Å².